The van der Waals surface area contributed by atoms with Crippen molar-refractivity contribution in [1.82, 2.24) is 9.29 Å². The van der Waals surface area contributed by atoms with Crippen molar-refractivity contribution in [3.05, 3.63) is 88.8 Å². The van der Waals surface area contributed by atoms with Crippen molar-refractivity contribution in [2.45, 2.75) is 24.2 Å². The van der Waals surface area contributed by atoms with E-state index in [1.54, 1.807) is 12.1 Å². The van der Waals surface area contributed by atoms with Gasteiger partial charge in [-0.1, -0.05) is 42.3 Å². The molecule has 0 spiro atoms. The lowest BCUT2D eigenvalue weighted by atomic mass is 10.1. The predicted octanol–water partition coefficient (Wildman–Crippen LogP) is 6.56. The normalized spacial score (nSPS) is 14.5. The molecule has 0 radical (unpaired) electrons. The van der Waals surface area contributed by atoms with E-state index in [0.717, 1.165) is 41.1 Å². The number of rotatable bonds is 6. The van der Waals surface area contributed by atoms with Crippen LogP contribution < -0.4 is 5.32 Å². The average Bonchev–Trinajstić information content (AvgIpc) is 3.40. The molecule has 1 amide bonds. The third-order valence-electron chi connectivity index (χ3n) is 6.08. The molecule has 36 heavy (non-hydrogen) atoms. The molecule has 1 fully saturated rings. The van der Waals surface area contributed by atoms with Crippen molar-refractivity contribution in [3.8, 4) is 21.8 Å². The highest BCUT2D eigenvalue weighted by Gasteiger charge is 2.26. The largest absolute Gasteiger partial charge is 0.322 e. The molecule has 4 aromatic rings. The molecule has 0 saturated carbocycles. The van der Waals surface area contributed by atoms with Crippen LogP contribution in [0.2, 0.25) is 5.02 Å². The maximum Gasteiger partial charge on any atom is 0.255 e. The van der Waals surface area contributed by atoms with Crippen LogP contribution in [0, 0.1) is 0 Å². The number of benzene rings is 3. The molecular weight excluding hydrogens is 514 g/mol. The number of anilines is 1. The number of hydrogen-bond donors (Lipinski definition) is 1. The molecule has 1 N–H and O–H groups in total. The Bertz CT molecular complexity index is 1480. The van der Waals surface area contributed by atoms with Gasteiger partial charge in [0, 0.05) is 45.9 Å². The van der Waals surface area contributed by atoms with Gasteiger partial charge in [-0.3, -0.25) is 4.79 Å². The minimum Gasteiger partial charge on any atom is -0.322 e. The van der Waals surface area contributed by atoms with Crippen LogP contribution in [0.4, 0.5) is 5.69 Å². The van der Waals surface area contributed by atoms with Crippen molar-refractivity contribution in [2.75, 3.05) is 18.4 Å². The summed E-state index contributed by atoms with van der Waals surface area (Å²) in [5, 5.41) is 6.44. The zero-order valence-corrected chi connectivity index (χ0v) is 21.7. The lowest BCUT2D eigenvalue weighted by molar-refractivity contribution is 0.102. The fourth-order valence-electron chi connectivity index (χ4n) is 4.12. The summed E-state index contributed by atoms with van der Waals surface area (Å²) in [4.78, 5) is 17.8. The summed E-state index contributed by atoms with van der Waals surface area (Å²) in [7, 11) is -3.53. The Hall–Kier alpha value is -3.04. The minimum atomic E-state index is -3.53. The van der Waals surface area contributed by atoms with Gasteiger partial charge in [0.05, 0.1) is 10.6 Å². The highest BCUT2D eigenvalue weighted by molar-refractivity contribution is 7.89. The number of hydrogen-bond acceptors (Lipinski definition) is 5. The van der Waals surface area contributed by atoms with Gasteiger partial charge in [0.25, 0.3) is 5.91 Å². The van der Waals surface area contributed by atoms with E-state index in [9.17, 15) is 13.2 Å². The quantitative estimate of drug-likeness (QED) is 0.302. The zero-order chi connectivity index (χ0) is 25.1. The van der Waals surface area contributed by atoms with Gasteiger partial charge in [-0.15, -0.1) is 11.3 Å². The maximum absolute atomic E-state index is 12.9. The predicted molar refractivity (Wildman–Crippen MR) is 145 cm³/mol. The molecule has 9 heteroatoms. The van der Waals surface area contributed by atoms with E-state index >= 15 is 0 Å². The number of sulfonamides is 1. The smallest absolute Gasteiger partial charge is 0.255 e. The van der Waals surface area contributed by atoms with Crippen molar-refractivity contribution < 1.29 is 13.2 Å². The van der Waals surface area contributed by atoms with Crippen LogP contribution in [0.3, 0.4) is 0 Å². The molecule has 1 aromatic heterocycles. The fourth-order valence-corrected chi connectivity index (χ4v) is 6.60. The van der Waals surface area contributed by atoms with Gasteiger partial charge in [0.15, 0.2) is 0 Å². The summed E-state index contributed by atoms with van der Waals surface area (Å²) in [5.74, 6) is -0.311. The molecule has 1 aliphatic rings. The molecule has 184 valence electrons. The Balaban J connectivity index is 1.29. The number of carbonyl (C=O) groups is 1. The maximum atomic E-state index is 12.9. The minimum absolute atomic E-state index is 0.211. The average molecular weight is 538 g/mol. The highest BCUT2D eigenvalue weighted by atomic mass is 35.5. The first-order valence-electron chi connectivity index (χ1n) is 11.6. The number of nitrogens with zero attached hydrogens (tertiary/aromatic N) is 2. The Labute approximate surface area is 219 Å². The summed E-state index contributed by atoms with van der Waals surface area (Å²) in [6.07, 6.45) is 2.81. The molecule has 0 atom stereocenters. The Morgan fingerprint density at radius 2 is 1.64 bits per heavy atom. The standard InChI is InChI=1S/C27H24ClN3O3S2/c28-22-11-7-20(8-12-22)27-30-25(18-35-27)21-5-4-6-23(17-21)29-26(32)19-9-13-24(14-10-19)36(33,34)31-15-2-1-3-16-31/h4-14,17-18H,1-3,15-16H2,(H,29,32). The molecule has 1 aliphatic heterocycles. The van der Waals surface area contributed by atoms with Crippen molar-refractivity contribution in [1.29, 1.82) is 0 Å². The third kappa shape index (κ3) is 5.37. The molecule has 1 saturated heterocycles. The van der Waals surface area contributed by atoms with Crippen molar-refractivity contribution >= 4 is 44.6 Å². The second-order valence-corrected chi connectivity index (χ2v) is 11.8. The van der Waals surface area contributed by atoms with Gasteiger partial charge in [-0.25, -0.2) is 13.4 Å². The second-order valence-electron chi connectivity index (χ2n) is 8.57. The molecular formula is C27H24ClN3O3S2. The van der Waals surface area contributed by atoms with E-state index in [2.05, 4.69) is 5.32 Å². The molecule has 0 bridgehead atoms. The molecule has 6 nitrogen and oxygen atoms in total. The summed E-state index contributed by atoms with van der Waals surface area (Å²) in [6.45, 7) is 1.09. The van der Waals surface area contributed by atoms with Gasteiger partial charge in [-0.05, 0) is 61.4 Å². The topological polar surface area (TPSA) is 79.4 Å². The SMILES string of the molecule is O=C(Nc1cccc(-c2csc(-c3ccc(Cl)cc3)n2)c1)c1ccc(S(=O)(=O)N2CCCCC2)cc1. The molecule has 2 heterocycles. The highest BCUT2D eigenvalue weighted by Crippen LogP contribution is 2.31. The van der Waals surface area contributed by atoms with E-state index in [4.69, 9.17) is 16.6 Å². The van der Waals surface area contributed by atoms with E-state index in [1.165, 1.54) is 27.8 Å². The first-order valence-corrected chi connectivity index (χ1v) is 14.3. The summed E-state index contributed by atoms with van der Waals surface area (Å²) in [6, 6.07) is 21.1. The van der Waals surface area contributed by atoms with E-state index < -0.39 is 10.0 Å². The molecule has 0 aliphatic carbocycles. The van der Waals surface area contributed by atoms with Gasteiger partial charge in [-0.2, -0.15) is 4.31 Å². The second kappa shape index (κ2) is 10.5. The van der Waals surface area contributed by atoms with Crippen molar-refractivity contribution in [3.63, 3.8) is 0 Å². The molecule has 0 unspecified atom stereocenters. The molecule has 3 aromatic carbocycles. The van der Waals surface area contributed by atoms with Gasteiger partial charge < -0.3 is 5.32 Å². The third-order valence-corrected chi connectivity index (χ3v) is 9.14. The fraction of sp³-hybridized carbons (Fsp3) is 0.185. The Morgan fingerprint density at radius 3 is 2.36 bits per heavy atom. The summed E-state index contributed by atoms with van der Waals surface area (Å²) in [5.41, 5.74) is 3.70. The van der Waals surface area contributed by atoms with E-state index in [1.807, 2.05) is 53.9 Å². The van der Waals surface area contributed by atoms with Crippen LogP contribution in [0.25, 0.3) is 21.8 Å². The van der Waals surface area contributed by atoms with Crippen molar-refractivity contribution in [2.24, 2.45) is 0 Å². The Kier molecular flexibility index (Phi) is 7.20. The number of piperidine rings is 1. The monoisotopic (exact) mass is 537 g/mol. The van der Waals surface area contributed by atoms with E-state index in [-0.39, 0.29) is 10.8 Å². The van der Waals surface area contributed by atoms with Crippen LogP contribution in [-0.2, 0) is 10.0 Å². The zero-order valence-electron chi connectivity index (χ0n) is 19.4. The number of aromatic nitrogens is 1. The van der Waals surface area contributed by atoms with Crippen LogP contribution in [0.1, 0.15) is 29.6 Å². The lowest BCUT2D eigenvalue weighted by Crippen LogP contribution is -2.35. The van der Waals surface area contributed by atoms with Gasteiger partial charge >= 0.3 is 0 Å². The number of amides is 1. The van der Waals surface area contributed by atoms with Crippen LogP contribution in [0.15, 0.2) is 83.1 Å². The van der Waals surface area contributed by atoms with E-state index in [0.29, 0.717) is 29.4 Å². The van der Waals surface area contributed by atoms with Crippen LogP contribution in [-0.4, -0.2) is 36.7 Å². The summed E-state index contributed by atoms with van der Waals surface area (Å²) < 4.78 is 27.2. The Morgan fingerprint density at radius 1 is 0.917 bits per heavy atom. The first-order chi connectivity index (χ1) is 17.4. The van der Waals surface area contributed by atoms with Crippen LogP contribution in [0.5, 0.6) is 0 Å². The van der Waals surface area contributed by atoms with Gasteiger partial charge in [0.1, 0.15) is 5.01 Å². The van der Waals surface area contributed by atoms with Gasteiger partial charge in [0.2, 0.25) is 10.0 Å². The number of thiazole rings is 1. The number of carbonyl (C=O) groups excluding carboxylic acids is 1. The lowest BCUT2D eigenvalue weighted by Gasteiger charge is -2.25. The molecule has 5 rings (SSSR count). The summed E-state index contributed by atoms with van der Waals surface area (Å²) >= 11 is 7.52. The number of halogens is 1. The first kappa shape index (κ1) is 24.6. The number of nitrogens with one attached hydrogen (secondary N) is 1. The van der Waals surface area contributed by atoms with Crippen LogP contribution >= 0.6 is 22.9 Å².